The summed E-state index contributed by atoms with van der Waals surface area (Å²) in [6.45, 7) is 1.16. The van der Waals surface area contributed by atoms with Crippen LogP contribution in [0, 0.1) is 17.8 Å². The summed E-state index contributed by atoms with van der Waals surface area (Å²) in [7, 11) is 0. The van der Waals surface area contributed by atoms with E-state index in [1.165, 1.54) is 0 Å². The molecule has 15 heteroatoms. The molecule has 7 N–H and O–H groups in total. The number of imide groups is 1. The third-order valence-corrected chi connectivity index (χ3v) is 13.4. The van der Waals surface area contributed by atoms with Crippen LogP contribution in [-0.2, 0) is 24.5 Å². The van der Waals surface area contributed by atoms with E-state index in [1.54, 1.807) is 79.7 Å². The molecule has 6 aromatic carbocycles. The van der Waals surface area contributed by atoms with Crippen molar-refractivity contribution >= 4 is 35.5 Å². The number of cyclic esters (lactones) is 1. The average Bonchev–Trinajstić information content (AvgIpc) is 3.86. The molecule has 0 bridgehead atoms. The predicted octanol–water partition coefficient (Wildman–Crippen LogP) is 6.06. The van der Waals surface area contributed by atoms with Gasteiger partial charge in [-0.05, 0) is 70.6 Å². The van der Waals surface area contributed by atoms with Crippen LogP contribution in [0.1, 0.15) is 76.2 Å². The Morgan fingerprint density at radius 3 is 2.03 bits per heavy atom. The monoisotopic (exact) mass is 952 g/mol. The van der Waals surface area contributed by atoms with E-state index in [9.17, 15) is 15.0 Å². The van der Waals surface area contributed by atoms with Crippen molar-refractivity contribution in [3.05, 3.63) is 203 Å². The zero-order valence-corrected chi connectivity index (χ0v) is 38.7. The molecule has 3 aliphatic rings. The van der Waals surface area contributed by atoms with Crippen molar-refractivity contribution in [3.63, 3.8) is 0 Å². The number of urea groups is 2. The lowest BCUT2D eigenvalue weighted by Gasteiger charge is -2.46. The van der Waals surface area contributed by atoms with Crippen LogP contribution in [0.3, 0.4) is 0 Å². The van der Waals surface area contributed by atoms with Gasteiger partial charge in [-0.1, -0.05) is 145 Å². The minimum Gasteiger partial charge on any atom is -0.491 e. The van der Waals surface area contributed by atoms with Gasteiger partial charge in [0.15, 0.2) is 0 Å². The molecule has 0 aliphatic carbocycles. The Bertz CT molecular complexity index is 2970. The summed E-state index contributed by atoms with van der Waals surface area (Å²) in [6, 6.07) is 42.7. The number of hydrogen-bond donors (Lipinski definition) is 6. The molecule has 0 aromatic heterocycles. The van der Waals surface area contributed by atoms with Gasteiger partial charge in [0, 0.05) is 12.1 Å². The van der Waals surface area contributed by atoms with E-state index >= 15 is 19.2 Å². The van der Waals surface area contributed by atoms with E-state index in [2.05, 4.69) is 27.8 Å². The number of nitrogens with two attached hydrogens (primary N) is 1. The van der Waals surface area contributed by atoms with Gasteiger partial charge < -0.3 is 41.4 Å². The second-order valence-corrected chi connectivity index (χ2v) is 17.6. The molecule has 9 rings (SSSR count). The molecule has 0 saturated carbocycles. The molecule has 3 heterocycles. The number of morpholine rings is 1. The topological polar surface area (TPSA) is 213 Å². The SMILES string of the molecule is CC(NC(=O)N1C(=O)C2(c3cc(C#CCNC(N)=O)ccc31)C(C(=O)NCC(O)c1ccccc1)C1C(=O)OC(c3ccccc3)C(c3ccccc3)N1C2c1ccc(OCCO)cc1)c1ccccc1. The first-order valence-corrected chi connectivity index (χ1v) is 23.3. The van der Waals surface area contributed by atoms with Crippen LogP contribution in [-0.4, -0.2) is 77.3 Å². The molecule has 2 fully saturated rings. The summed E-state index contributed by atoms with van der Waals surface area (Å²) in [5.74, 6) is 2.35. The summed E-state index contributed by atoms with van der Waals surface area (Å²) in [5.41, 5.74) is 7.08. The van der Waals surface area contributed by atoms with E-state index < -0.39 is 77.6 Å². The van der Waals surface area contributed by atoms with E-state index in [1.807, 2.05) is 95.9 Å². The molecular formula is C56H52N6O9. The lowest BCUT2D eigenvalue weighted by Crippen LogP contribution is -2.56. The van der Waals surface area contributed by atoms with Crippen molar-refractivity contribution in [2.24, 2.45) is 11.7 Å². The first-order valence-electron chi connectivity index (χ1n) is 23.3. The Hall–Kier alpha value is -8.29. The number of carbonyl (C=O) groups is 5. The molecule has 6 aromatic rings. The molecular weight excluding hydrogens is 901 g/mol. The number of primary amides is 1. The predicted molar refractivity (Wildman–Crippen MR) is 263 cm³/mol. The van der Waals surface area contributed by atoms with Gasteiger partial charge in [0.25, 0.3) is 0 Å². The van der Waals surface area contributed by atoms with E-state index in [0.717, 1.165) is 10.5 Å². The Morgan fingerprint density at radius 2 is 1.39 bits per heavy atom. The number of fused-ring (bicyclic) bond motifs is 3. The third kappa shape index (κ3) is 9.19. The van der Waals surface area contributed by atoms with Gasteiger partial charge in [-0.3, -0.25) is 19.3 Å². The lowest BCUT2D eigenvalue weighted by atomic mass is 9.65. The average molecular weight is 953 g/mol. The number of esters is 1. The lowest BCUT2D eigenvalue weighted by molar-refractivity contribution is -0.178. The van der Waals surface area contributed by atoms with Crippen molar-refractivity contribution in [1.82, 2.24) is 20.9 Å². The number of nitrogens with one attached hydrogen (secondary N) is 3. The zero-order valence-electron chi connectivity index (χ0n) is 38.7. The highest BCUT2D eigenvalue weighted by Crippen LogP contribution is 2.66. The number of hydrogen-bond acceptors (Lipinski definition) is 10. The zero-order chi connectivity index (χ0) is 49.6. The maximum Gasteiger partial charge on any atom is 0.329 e. The van der Waals surface area contributed by atoms with Crippen LogP contribution in [0.15, 0.2) is 164 Å². The van der Waals surface area contributed by atoms with Crippen LogP contribution < -0.4 is 31.3 Å². The summed E-state index contributed by atoms with van der Waals surface area (Å²) < 4.78 is 12.4. The standard InChI is InChI=1S/C56H52N6O9/c1-35(37-16-6-2-7-17-37)60-55(69)61-44-29-24-36(15-14-30-58-54(57)68)33-43(44)56(53(61)67)46(51(65)59-34-45(64)38-18-8-3-9-19-38)48-52(66)71-49(40-22-12-5-13-23-40)47(39-20-10-4-11-21-39)62(48)50(56)41-25-27-42(28-26-41)70-32-31-63/h2-13,16-29,33,35,45-50,63-64H,30-32,34H2,1H3,(H,59,65)(H,60,69)(H3,57,58,68). The molecule has 0 radical (unpaired) electrons. The summed E-state index contributed by atoms with van der Waals surface area (Å²) >= 11 is 0. The van der Waals surface area contributed by atoms with Gasteiger partial charge in [0.05, 0.1) is 49.0 Å². The smallest absolute Gasteiger partial charge is 0.329 e. The Balaban J connectivity index is 1.31. The maximum absolute atomic E-state index is 16.6. The van der Waals surface area contributed by atoms with E-state index in [-0.39, 0.29) is 37.6 Å². The van der Waals surface area contributed by atoms with Crippen LogP contribution in [0.5, 0.6) is 5.75 Å². The fraction of sp³-hybridized carbons (Fsp3) is 0.232. The molecule has 71 heavy (non-hydrogen) atoms. The number of ether oxygens (including phenoxy) is 2. The van der Waals surface area contributed by atoms with Gasteiger partial charge in [-0.15, -0.1) is 0 Å². The minimum atomic E-state index is -2.12. The summed E-state index contributed by atoms with van der Waals surface area (Å²) in [5, 5.41) is 29.5. The fourth-order valence-corrected chi connectivity index (χ4v) is 10.3. The summed E-state index contributed by atoms with van der Waals surface area (Å²) in [6.07, 6.45) is -2.15. The molecule has 8 atom stereocenters. The van der Waals surface area contributed by atoms with Crippen LogP contribution in [0.25, 0.3) is 0 Å². The van der Waals surface area contributed by atoms with Crippen LogP contribution in [0.4, 0.5) is 15.3 Å². The molecule has 15 nitrogen and oxygen atoms in total. The first-order chi connectivity index (χ1) is 34.5. The molecule has 360 valence electrons. The minimum absolute atomic E-state index is 0.00871. The largest absolute Gasteiger partial charge is 0.491 e. The first kappa shape index (κ1) is 47.8. The number of nitrogens with zero attached hydrogens (tertiary/aromatic N) is 2. The second-order valence-electron chi connectivity index (χ2n) is 17.6. The highest BCUT2D eigenvalue weighted by molar-refractivity contribution is 6.24. The number of aliphatic hydroxyl groups is 2. The maximum atomic E-state index is 16.6. The van der Waals surface area contributed by atoms with E-state index in [4.69, 9.17) is 15.2 Å². The highest BCUT2D eigenvalue weighted by atomic mass is 16.6. The molecule has 2 saturated heterocycles. The Labute approximate surface area is 410 Å². The highest BCUT2D eigenvalue weighted by Gasteiger charge is 2.75. The Morgan fingerprint density at radius 1 is 0.775 bits per heavy atom. The quantitative estimate of drug-likeness (QED) is 0.0582. The van der Waals surface area contributed by atoms with Crippen LogP contribution >= 0.6 is 0 Å². The van der Waals surface area contributed by atoms with E-state index in [0.29, 0.717) is 33.6 Å². The van der Waals surface area contributed by atoms with Gasteiger partial charge in [0.1, 0.15) is 29.9 Å². The van der Waals surface area contributed by atoms with Crippen LogP contribution in [0.2, 0.25) is 0 Å². The third-order valence-electron chi connectivity index (χ3n) is 13.4. The van der Waals surface area contributed by atoms with Gasteiger partial charge in [-0.25, -0.2) is 14.5 Å². The fourth-order valence-electron chi connectivity index (χ4n) is 10.3. The van der Waals surface area contributed by atoms with Crippen molar-refractivity contribution in [2.45, 2.75) is 48.7 Å². The molecule has 1 spiro atoms. The normalized spacial score (nSPS) is 22.0. The van der Waals surface area contributed by atoms with Gasteiger partial charge in [0.2, 0.25) is 11.8 Å². The van der Waals surface area contributed by atoms with Gasteiger partial charge in [-0.2, -0.15) is 0 Å². The number of carbonyl (C=O) groups excluding carboxylic acids is 5. The van der Waals surface area contributed by atoms with Gasteiger partial charge >= 0.3 is 18.0 Å². The number of anilines is 1. The Kier molecular flexibility index (Phi) is 14.0. The number of aliphatic hydroxyl groups excluding tert-OH is 2. The summed E-state index contributed by atoms with van der Waals surface area (Å²) in [4.78, 5) is 77.4. The number of benzene rings is 6. The molecule has 6 amide bonds. The van der Waals surface area contributed by atoms with Crippen molar-refractivity contribution in [2.75, 3.05) is 31.2 Å². The molecule has 3 aliphatic heterocycles. The number of rotatable bonds is 13. The molecule has 8 unspecified atom stereocenters. The van der Waals surface area contributed by atoms with Crippen molar-refractivity contribution in [3.8, 4) is 17.6 Å². The number of amides is 6. The second kappa shape index (κ2) is 20.7. The van der Waals surface area contributed by atoms with Crippen molar-refractivity contribution in [1.29, 1.82) is 0 Å². The van der Waals surface area contributed by atoms with Crippen molar-refractivity contribution < 1.29 is 43.7 Å².